The Hall–Kier alpha value is -3.09. The highest BCUT2D eigenvalue weighted by molar-refractivity contribution is 7.10. The molecule has 0 bridgehead atoms. The summed E-state index contributed by atoms with van der Waals surface area (Å²) in [5, 5.41) is 14.0. The fourth-order valence-corrected chi connectivity index (χ4v) is 5.61. The number of aliphatic hydroxyl groups excluding tert-OH is 1. The molecule has 0 aliphatic carbocycles. The van der Waals surface area contributed by atoms with Crippen molar-refractivity contribution < 1.29 is 19.4 Å². The molecule has 2 aromatic carbocycles. The fourth-order valence-electron chi connectivity index (χ4n) is 4.44. The Morgan fingerprint density at radius 2 is 1.86 bits per heavy atom. The number of nitrogens with zero attached hydrogens (tertiary/aromatic N) is 1. The zero-order chi connectivity index (χ0) is 25.3. The van der Waals surface area contributed by atoms with E-state index in [1.54, 1.807) is 24.1 Å². The Bertz CT molecular complexity index is 1290. The molecule has 1 saturated heterocycles. The van der Waals surface area contributed by atoms with Gasteiger partial charge in [0.2, 0.25) is 0 Å². The van der Waals surface area contributed by atoms with Crippen LogP contribution in [0.2, 0.25) is 5.02 Å². The van der Waals surface area contributed by atoms with E-state index in [1.807, 2.05) is 62.5 Å². The van der Waals surface area contributed by atoms with Crippen molar-refractivity contribution in [2.24, 2.45) is 0 Å². The summed E-state index contributed by atoms with van der Waals surface area (Å²) in [6, 6.07) is 14.1. The van der Waals surface area contributed by atoms with Crippen LogP contribution in [0.25, 0.3) is 5.76 Å². The summed E-state index contributed by atoms with van der Waals surface area (Å²) >= 11 is 7.48. The molecule has 1 aromatic heterocycles. The number of rotatable bonds is 7. The van der Waals surface area contributed by atoms with Crippen LogP contribution in [0, 0.1) is 6.92 Å². The molecule has 1 unspecified atom stereocenters. The predicted molar refractivity (Wildman–Crippen MR) is 140 cm³/mol. The first-order valence-corrected chi connectivity index (χ1v) is 12.7. The maximum absolute atomic E-state index is 13.3. The van der Waals surface area contributed by atoms with Crippen molar-refractivity contribution in [2.45, 2.75) is 39.2 Å². The standard InChI is InChI=1S/C28H28ClNO4S/c1-16(2)21-15-19(7-10-22(21)34-4)25(31)23-24(27-17(3)12-14-35-27)30(28(33)26(23)32)13-11-18-5-8-20(29)9-6-18/h5-10,12,14-16,24,31H,11,13H2,1-4H3/b25-23-. The number of ether oxygens (including phenoxy) is 1. The summed E-state index contributed by atoms with van der Waals surface area (Å²) in [5.41, 5.74) is 3.51. The topological polar surface area (TPSA) is 66.8 Å². The number of carbonyl (C=O) groups is 2. The molecule has 1 aliphatic rings. The fraction of sp³-hybridized carbons (Fsp3) is 0.286. The molecule has 35 heavy (non-hydrogen) atoms. The van der Waals surface area contributed by atoms with Crippen LogP contribution in [0.3, 0.4) is 0 Å². The minimum absolute atomic E-state index is 0.122. The lowest BCUT2D eigenvalue weighted by Gasteiger charge is -2.25. The maximum Gasteiger partial charge on any atom is 0.295 e. The number of methoxy groups -OCH3 is 1. The van der Waals surface area contributed by atoms with Crippen LogP contribution in [0.15, 0.2) is 59.5 Å². The van der Waals surface area contributed by atoms with Crippen LogP contribution < -0.4 is 4.74 Å². The quantitative estimate of drug-likeness (QED) is 0.224. The molecule has 1 aliphatic heterocycles. The summed E-state index contributed by atoms with van der Waals surface area (Å²) in [6.07, 6.45) is 0.561. The van der Waals surface area contributed by atoms with Crippen molar-refractivity contribution in [1.82, 2.24) is 4.90 Å². The van der Waals surface area contributed by atoms with Crippen LogP contribution in [0.5, 0.6) is 5.75 Å². The molecule has 7 heteroatoms. The van der Waals surface area contributed by atoms with E-state index in [9.17, 15) is 14.7 Å². The molecule has 182 valence electrons. The van der Waals surface area contributed by atoms with Gasteiger partial charge in [-0.15, -0.1) is 11.3 Å². The Labute approximate surface area is 214 Å². The van der Waals surface area contributed by atoms with E-state index in [4.69, 9.17) is 16.3 Å². The van der Waals surface area contributed by atoms with Gasteiger partial charge >= 0.3 is 0 Å². The molecular formula is C28H28ClNO4S. The van der Waals surface area contributed by atoms with Crippen molar-refractivity contribution >= 4 is 40.4 Å². The Morgan fingerprint density at radius 3 is 2.46 bits per heavy atom. The van der Waals surface area contributed by atoms with E-state index >= 15 is 0 Å². The number of hydrogen-bond donors (Lipinski definition) is 1. The zero-order valence-electron chi connectivity index (χ0n) is 20.2. The summed E-state index contributed by atoms with van der Waals surface area (Å²) in [6.45, 7) is 6.36. The van der Waals surface area contributed by atoms with Crippen LogP contribution >= 0.6 is 22.9 Å². The first-order valence-electron chi connectivity index (χ1n) is 11.5. The van der Waals surface area contributed by atoms with Crippen LogP contribution in [0.4, 0.5) is 0 Å². The summed E-state index contributed by atoms with van der Waals surface area (Å²) in [4.78, 5) is 29.0. The average Bonchev–Trinajstić information content (AvgIpc) is 3.38. The number of ketones is 1. The predicted octanol–water partition coefficient (Wildman–Crippen LogP) is 6.51. The lowest BCUT2D eigenvalue weighted by Crippen LogP contribution is -2.31. The Morgan fingerprint density at radius 1 is 1.14 bits per heavy atom. The highest BCUT2D eigenvalue weighted by atomic mass is 35.5. The number of aliphatic hydroxyl groups is 1. The van der Waals surface area contributed by atoms with Crippen LogP contribution in [0.1, 0.15) is 52.9 Å². The van der Waals surface area contributed by atoms with E-state index in [0.717, 1.165) is 21.6 Å². The van der Waals surface area contributed by atoms with Gasteiger partial charge in [-0.1, -0.05) is 37.6 Å². The summed E-state index contributed by atoms with van der Waals surface area (Å²) < 4.78 is 5.47. The number of hydrogen-bond acceptors (Lipinski definition) is 5. The van der Waals surface area contributed by atoms with Crippen molar-refractivity contribution in [3.63, 3.8) is 0 Å². The lowest BCUT2D eigenvalue weighted by molar-refractivity contribution is -0.139. The SMILES string of the molecule is COc1ccc(/C(O)=C2/C(=O)C(=O)N(CCc3ccc(Cl)cc3)C2c2sccc2C)cc1C(C)C. The third kappa shape index (κ3) is 4.86. The van der Waals surface area contributed by atoms with E-state index < -0.39 is 17.7 Å². The van der Waals surface area contributed by atoms with Gasteiger partial charge in [-0.2, -0.15) is 0 Å². The van der Waals surface area contributed by atoms with E-state index in [2.05, 4.69) is 0 Å². The summed E-state index contributed by atoms with van der Waals surface area (Å²) in [7, 11) is 1.60. The minimum Gasteiger partial charge on any atom is -0.507 e. The number of aryl methyl sites for hydroxylation is 1. The van der Waals surface area contributed by atoms with Gasteiger partial charge in [0, 0.05) is 22.0 Å². The molecule has 0 radical (unpaired) electrons. The van der Waals surface area contributed by atoms with Crippen molar-refractivity contribution in [1.29, 1.82) is 0 Å². The van der Waals surface area contributed by atoms with Gasteiger partial charge < -0.3 is 14.7 Å². The van der Waals surface area contributed by atoms with Gasteiger partial charge in [0.25, 0.3) is 11.7 Å². The number of thiophene rings is 1. The largest absolute Gasteiger partial charge is 0.507 e. The smallest absolute Gasteiger partial charge is 0.295 e. The highest BCUT2D eigenvalue weighted by Gasteiger charge is 2.46. The van der Waals surface area contributed by atoms with E-state index in [-0.39, 0.29) is 17.3 Å². The number of carbonyl (C=O) groups excluding carboxylic acids is 2. The third-order valence-electron chi connectivity index (χ3n) is 6.37. The molecule has 1 atom stereocenters. The summed E-state index contributed by atoms with van der Waals surface area (Å²) in [5.74, 6) is -0.575. The molecule has 1 fully saturated rings. The number of Topliss-reactive ketones (excluding diaryl/α,β-unsaturated/α-hetero) is 1. The number of halogens is 1. The second-order valence-corrected chi connectivity index (χ2v) is 10.3. The molecule has 1 amide bonds. The first-order chi connectivity index (χ1) is 16.7. The molecule has 1 N–H and O–H groups in total. The van der Waals surface area contributed by atoms with E-state index in [1.165, 1.54) is 11.3 Å². The van der Waals surface area contributed by atoms with Gasteiger partial charge in [-0.05, 0) is 77.7 Å². The van der Waals surface area contributed by atoms with Crippen molar-refractivity contribution in [2.75, 3.05) is 13.7 Å². The maximum atomic E-state index is 13.3. The first kappa shape index (κ1) is 25.0. The van der Waals surface area contributed by atoms with Crippen LogP contribution in [-0.2, 0) is 16.0 Å². The van der Waals surface area contributed by atoms with Gasteiger partial charge in [0.15, 0.2) is 0 Å². The molecule has 0 spiro atoms. The molecule has 2 heterocycles. The zero-order valence-corrected chi connectivity index (χ0v) is 21.7. The minimum atomic E-state index is -0.668. The lowest BCUT2D eigenvalue weighted by atomic mass is 9.94. The second-order valence-electron chi connectivity index (χ2n) is 8.95. The molecular weight excluding hydrogens is 482 g/mol. The number of benzene rings is 2. The molecule has 4 rings (SSSR count). The number of amides is 1. The normalized spacial score (nSPS) is 17.4. The monoisotopic (exact) mass is 509 g/mol. The van der Waals surface area contributed by atoms with Crippen LogP contribution in [-0.4, -0.2) is 35.4 Å². The second kappa shape index (κ2) is 10.3. The van der Waals surface area contributed by atoms with Gasteiger partial charge in [-0.25, -0.2) is 0 Å². The Kier molecular flexibility index (Phi) is 7.33. The molecule has 5 nitrogen and oxygen atoms in total. The molecule has 3 aromatic rings. The average molecular weight is 510 g/mol. The number of likely N-dealkylation sites (tertiary alicyclic amines) is 1. The third-order valence-corrected chi connectivity index (χ3v) is 7.69. The van der Waals surface area contributed by atoms with Gasteiger partial charge in [-0.3, -0.25) is 9.59 Å². The van der Waals surface area contributed by atoms with Crippen molar-refractivity contribution in [3.05, 3.63) is 91.6 Å². The molecule has 0 saturated carbocycles. The van der Waals surface area contributed by atoms with Crippen molar-refractivity contribution in [3.8, 4) is 5.75 Å². The van der Waals surface area contributed by atoms with Gasteiger partial charge in [0.1, 0.15) is 11.5 Å². The van der Waals surface area contributed by atoms with E-state index in [0.29, 0.717) is 29.3 Å². The highest BCUT2D eigenvalue weighted by Crippen LogP contribution is 2.43. The Balaban J connectivity index is 1.79. The van der Waals surface area contributed by atoms with Gasteiger partial charge in [0.05, 0.1) is 18.7 Å².